The molecule has 1 saturated carbocycles. The number of ether oxygens (including phenoxy) is 3. The van der Waals surface area contributed by atoms with Crippen LogP contribution in [0.3, 0.4) is 0 Å². The van der Waals surface area contributed by atoms with Crippen molar-refractivity contribution in [1.29, 1.82) is 0 Å². The minimum atomic E-state index is 0.633. The molecule has 1 aliphatic carbocycles. The maximum absolute atomic E-state index is 5.71. The molecule has 6 nitrogen and oxygen atoms in total. The van der Waals surface area contributed by atoms with Crippen molar-refractivity contribution in [3.05, 3.63) is 23.8 Å². The highest BCUT2D eigenvalue weighted by atomic mass is 16.5. The Bertz CT molecular complexity index is 588. The molecule has 1 N–H and O–H groups in total. The first-order chi connectivity index (χ1) is 13.2. The van der Waals surface area contributed by atoms with E-state index in [1.165, 1.54) is 18.4 Å². The smallest absolute Gasteiger partial charge is 0.193 e. The number of nitrogens with zero attached hydrogens (tertiary/aromatic N) is 2. The Morgan fingerprint density at radius 3 is 2.78 bits per heavy atom. The van der Waals surface area contributed by atoms with Crippen LogP contribution >= 0.6 is 0 Å². The predicted molar refractivity (Wildman–Crippen MR) is 110 cm³/mol. The molecule has 6 heteroatoms. The van der Waals surface area contributed by atoms with Crippen LogP contribution in [0.4, 0.5) is 0 Å². The Labute approximate surface area is 163 Å². The summed E-state index contributed by atoms with van der Waals surface area (Å²) in [5.74, 6) is 3.32. The Hall–Kier alpha value is -1.95. The second-order valence-electron chi connectivity index (χ2n) is 6.94. The quantitative estimate of drug-likeness (QED) is 0.345. The van der Waals surface area contributed by atoms with Crippen LogP contribution in [-0.4, -0.2) is 65.0 Å². The average molecular weight is 378 g/mol. The van der Waals surface area contributed by atoms with Gasteiger partial charge in [-0.1, -0.05) is 6.07 Å². The molecule has 0 unspecified atom stereocenters. The standard InChI is InChI=1S/C21H35N3O3/c1-5-27-20-15-17(10-11-19(20)25-4)7-6-12-23-21(22-2)24(3)13-14-26-16-18-8-9-18/h10-11,15,18H,5-9,12-14,16H2,1-4H3,(H,22,23). The van der Waals surface area contributed by atoms with Crippen LogP contribution in [0.2, 0.25) is 0 Å². The van der Waals surface area contributed by atoms with Crippen LogP contribution < -0.4 is 14.8 Å². The number of methoxy groups -OCH3 is 1. The summed E-state index contributed by atoms with van der Waals surface area (Å²) >= 11 is 0. The molecule has 0 radical (unpaired) electrons. The summed E-state index contributed by atoms with van der Waals surface area (Å²) in [6, 6.07) is 6.14. The van der Waals surface area contributed by atoms with Gasteiger partial charge in [0.05, 0.1) is 20.3 Å². The molecule has 152 valence electrons. The molecule has 0 aliphatic heterocycles. The van der Waals surface area contributed by atoms with E-state index in [1.54, 1.807) is 7.11 Å². The monoisotopic (exact) mass is 377 g/mol. The van der Waals surface area contributed by atoms with Gasteiger partial charge in [-0.25, -0.2) is 0 Å². The normalized spacial score (nSPS) is 14.1. The summed E-state index contributed by atoms with van der Waals surface area (Å²) in [6.07, 6.45) is 4.66. The van der Waals surface area contributed by atoms with Gasteiger partial charge in [0, 0.05) is 33.8 Å². The van der Waals surface area contributed by atoms with E-state index in [-0.39, 0.29) is 0 Å². The zero-order valence-electron chi connectivity index (χ0n) is 17.3. The van der Waals surface area contributed by atoms with Crippen molar-refractivity contribution in [2.24, 2.45) is 10.9 Å². The molecule has 27 heavy (non-hydrogen) atoms. The SMILES string of the molecule is CCOc1cc(CCCNC(=NC)N(C)CCOCC2CC2)ccc1OC. The third-order valence-electron chi connectivity index (χ3n) is 4.65. The molecule has 2 rings (SSSR count). The van der Waals surface area contributed by atoms with E-state index in [9.17, 15) is 0 Å². The van der Waals surface area contributed by atoms with Crippen LogP contribution in [0, 0.1) is 5.92 Å². The maximum atomic E-state index is 5.71. The van der Waals surface area contributed by atoms with Gasteiger partial charge in [-0.15, -0.1) is 0 Å². The second-order valence-corrected chi connectivity index (χ2v) is 6.94. The van der Waals surface area contributed by atoms with Gasteiger partial charge < -0.3 is 24.4 Å². The van der Waals surface area contributed by atoms with E-state index in [4.69, 9.17) is 14.2 Å². The van der Waals surface area contributed by atoms with Crippen molar-refractivity contribution in [1.82, 2.24) is 10.2 Å². The van der Waals surface area contributed by atoms with Crippen molar-refractivity contribution in [2.45, 2.75) is 32.6 Å². The lowest BCUT2D eigenvalue weighted by Gasteiger charge is -2.22. The number of likely N-dealkylation sites (N-methyl/N-ethyl adjacent to an activating group) is 1. The number of aliphatic imine (C=N–C) groups is 1. The zero-order valence-corrected chi connectivity index (χ0v) is 17.3. The van der Waals surface area contributed by atoms with Gasteiger partial charge in [-0.05, 0) is 56.2 Å². The van der Waals surface area contributed by atoms with Gasteiger partial charge >= 0.3 is 0 Å². The molecule has 1 fully saturated rings. The first-order valence-electron chi connectivity index (χ1n) is 9.97. The molecule has 0 saturated heterocycles. The fraction of sp³-hybridized carbons (Fsp3) is 0.667. The van der Waals surface area contributed by atoms with Crippen molar-refractivity contribution >= 4 is 5.96 Å². The molecule has 0 spiro atoms. The number of benzene rings is 1. The first-order valence-corrected chi connectivity index (χ1v) is 9.97. The highest BCUT2D eigenvalue weighted by Gasteiger charge is 2.21. The molecular weight excluding hydrogens is 342 g/mol. The van der Waals surface area contributed by atoms with Gasteiger partial charge in [0.15, 0.2) is 17.5 Å². The van der Waals surface area contributed by atoms with Crippen molar-refractivity contribution in [2.75, 3.05) is 54.1 Å². The molecular formula is C21H35N3O3. The van der Waals surface area contributed by atoms with Crippen LogP contribution in [0.15, 0.2) is 23.2 Å². The first kappa shape index (κ1) is 21.4. The Morgan fingerprint density at radius 1 is 1.30 bits per heavy atom. The van der Waals surface area contributed by atoms with E-state index < -0.39 is 0 Å². The number of guanidine groups is 1. The number of rotatable bonds is 12. The summed E-state index contributed by atoms with van der Waals surface area (Å²) in [7, 11) is 5.54. The van der Waals surface area contributed by atoms with Crippen molar-refractivity contribution < 1.29 is 14.2 Å². The number of nitrogens with one attached hydrogen (secondary N) is 1. The second kappa shape index (κ2) is 11.7. The van der Waals surface area contributed by atoms with E-state index in [1.807, 2.05) is 27.1 Å². The third-order valence-corrected chi connectivity index (χ3v) is 4.65. The highest BCUT2D eigenvalue weighted by Crippen LogP contribution is 2.29. The van der Waals surface area contributed by atoms with Gasteiger partial charge in [-0.3, -0.25) is 4.99 Å². The predicted octanol–water partition coefficient (Wildman–Crippen LogP) is 2.96. The summed E-state index contributed by atoms with van der Waals surface area (Å²) in [6.45, 7) is 5.99. The Balaban J connectivity index is 1.68. The van der Waals surface area contributed by atoms with Crippen LogP contribution in [0.5, 0.6) is 11.5 Å². The Morgan fingerprint density at radius 2 is 2.11 bits per heavy atom. The van der Waals surface area contributed by atoms with E-state index in [2.05, 4.69) is 27.3 Å². The van der Waals surface area contributed by atoms with Crippen LogP contribution in [-0.2, 0) is 11.2 Å². The fourth-order valence-corrected chi connectivity index (χ4v) is 2.86. The number of aryl methyl sites for hydroxylation is 1. The van der Waals surface area contributed by atoms with Gasteiger partial charge in [-0.2, -0.15) is 0 Å². The van der Waals surface area contributed by atoms with Gasteiger partial charge in [0.2, 0.25) is 0 Å². The lowest BCUT2D eigenvalue weighted by atomic mass is 10.1. The largest absolute Gasteiger partial charge is 0.493 e. The molecule has 0 amide bonds. The lowest BCUT2D eigenvalue weighted by Crippen LogP contribution is -2.41. The topological polar surface area (TPSA) is 55.3 Å². The van der Waals surface area contributed by atoms with Crippen molar-refractivity contribution in [3.63, 3.8) is 0 Å². The summed E-state index contributed by atoms with van der Waals surface area (Å²) in [5, 5.41) is 3.43. The highest BCUT2D eigenvalue weighted by molar-refractivity contribution is 5.79. The maximum Gasteiger partial charge on any atom is 0.193 e. The van der Waals surface area contributed by atoms with E-state index in [0.717, 1.165) is 62.5 Å². The summed E-state index contributed by atoms with van der Waals surface area (Å²) in [5.41, 5.74) is 1.25. The molecule has 0 bridgehead atoms. The van der Waals surface area contributed by atoms with Crippen LogP contribution in [0.25, 0.3) is 0 Å². The lowest BCUT2D eigenvalue weighted by molar-refractivity contribution is 0.115. The Kier molecular flexibility index (Phi) is 9.25. The average Bonchev–Trinajstić information content (AvgIpc) is 3.50. The molecule has 1 aliphatic rings. The van der Waals surface area contributed by atoms with Crippen LogP contribution in [0.1, 0.15) is 31.7 Å². The molecule has 0 aromatic heterocycles. The zero-order chi connectivity index (χ0) is 19.5. The minimum Gasteiger partial charge on any atom is -0.493 e. The number of hydrogen-bond donors (Lipinski definition) is 1. The molecule has 0 heterocycles. The summed E-state index contributed by atoms with van der Waals surface area (Å²) in [4.78, 5) is 6.48. The van der Waals surface area contributed by atoms with Gasteiger partial charge in [0.1, 0.15) is 0 Å². The molecule has 0 atom stereocenters. The van der Waals surface area contributed by atoms with E-state index >= 15 is 0 Å². The fourth-order valence-electron chi connectivity index (χ4n) is 2.86. The minimum absolute atomic E-state index is 0.633. The molecule has 1 aromatic rings. The molecule has 1 aromatic carbocycles. The van der Waals surface area contributed by atoms with Gasteiger partial charge in [0.25, 0.3) is 0 Å². The van der Waals surface area contributed by atoms with Crippen molar-refractivity contribution in [3.8, 4) is 11.5 Å². The van der Waals surface area contributed by atoms with E-state index in [0.29, 0.717) is 6.61 Å². The third kappa shape index (κ3) is 7.67. The summed E-state index contributed by atoms with van der Waals surface area (Å²) < 4.78 is 16.7. The number of hydrogen-bond acceptors (Lipinski definition) is 4.